The molecule has 0 saturated heterocycles. The number of aromatic hydroxyl groups is 1. The van der Waals surface area contributed by atoms with Crippen LogP contribution in [0.15, 0.2) is 35.3 Å². The summed E-state index contributed by atoms with van der Waals surface area (Å²) in [5.74, 6) is 0.823. The van der Waals surface area contributed by atoms with Crippen LogP contribution in [0.1, 0.15) is 11.3 Å². The predicted octanol–water partition coefficient (Wildman–Crippen LogP) is 2.17. The Balaban J connectivity index is 2.22. The van der Waals surface area contributed by atoms with Gasteiger partial charge in [0.15, 0.2) is 5.82 Å². The number of aromatic nitrogens is 2. The first kappa shape index (κ1) is 9.45. The van der Waals surface area contributed by atoms with Gasteiger partial charge in [-0.15, -0.1) is 0 Å². The summed E-state index contributed by atoms with van der Waals surface area (Å²) < 4.78 is 0. The molecule has 15 heavy (non-hydrogen) atoms. The Hall–Kier alpha value is -2.10. The van der Waals surface area contributed by atoms with Crippen LogP contribution >= 0.6 is 0 Å². The summed E-state index contributed by atoms with van der Waals surface area (Å²) in [4.78, 5) is 4.13. The Morgan fingerprint density at radius 3 is 2.87 bits per heavy atom. The van der Waals surface area contributed by atoms with Crippen molar-refractivity contribution in [2.45, 2.75) is 6.92 Å². The maximum absolute atomic E-state index is 9.47. The van der Waals surface area contributed by atoms with E-state index < -0.39 is 0 Å². The number of H-pyrrole nitrogens is 1. The second-order valence-corrected chi connectivity index (χ2v) is 3.23. The number of hydrogen-bond acceptors (Lipinski definition) is 3. The second kappa shape index (κ2) is 3.96. The molecule has 0 bridgehead atoms. The van der Waals surface area contributed by atoms with Gasteiger partial charge >= 0.3 is 0 Å². The Morgan fingerprint density at radius 1 is 1.40 bits per heavy atom. The number of nitrogens with one attached hydrogen (secondary N) is 1. The van der Waals surface area contributed by atoms with Crippen LogP contribution in [0.3, 0.4) is 0 Å². The Kier molecular flexibility index (Phi) is 2.49. The van der Waals surface area contributed by atoms with Crippen LogP contribution in [-0.4, -0.2) is 21.5 Å². The van der Waals surface area contributed by atoms with Crippen LogP contribution in [0.25, 0.3) is 0 Å². The van der Waals surface area contributed by atoms with Crippen molar-refractivity contribution in [3.8, 4) is 5.75 Å². The van der Waals surface area contributed by atoms with Gasteiger partial charge in [-0.05, 0) is 19.1 Å². The van der Waals surface area contributed by atoms with Gasteiger partial charge in [-0.2, -0.15) is 5.10 Å². The van der Waals surface area contributed by atoms with E-state index in [-0.39, 0.29) is 5.75 Å². The maximum Gasteiger partial charge on any atom is 0.173 e. The van der Waals surface area contributed by atoms with Gasteiger partial charge < -0.3 is 5.11 Å². The lowest BCUT2D eigenvalue weighted by Crippen LogP contribution is -1.80. The normalized spacial score (nSPS) is 11.0. The standard InChI is InChI=1S/C11H11N3O/c1-8-6-11(14-13-8)12-7-9-4-2-3-5-10(9)15/h2-7,15H,1H3,(H,13,14). The van der Waals surface area contributed by atoms with Crippen LogP contribution in [0.5, 0.6) is 5.75 Å². The van der Waals surface area contributed by atoms with Gasteiger partial charge in [0.1, 0.15) is 5.75 Å². The van der Waals surface area contributed by atoms with Gasteiger partial charge in [-0.25, -0.2) is 4.99 Å². The Morgan fingerprint density at radius 2 is 2.20 bits per heavy atom. The molecule has 0 radical (unpaired) electrons. The fourth-order valence-corrected chi connectivity index (χ4v) is 1.20. The maximum atomic E-state index is 9.47. The molecule has 0 atom stereocenters. The number of rotatable bonds is 2. The number of aryl methyl sites for hydroxylation is 1. The molecule has 0 unspecified atom stereocenters. The van der Waals surface area contributed by atoms with E-state index in [9.17, 15) is 5.11 Å². The van der Waals surface area contributed by atoms with Crippen molar-refractivity contribution in [1.82, 2.24) is 10.2 Å². The average molecular weight is 201 g/mol. The van der Waals surface area contributed by atoms with E-state index in [2.05, 4.69) is 15.2 Å². The van der Waals surface area contributed by atoms with E-state index in [0.717, 1.165) is 5.69 Å². The van der Waals surface area contributed by atoms with Gasteiger partial charge in [-0.3, -0.25) is 5.10 Å². The summed E-state index contributed by atoms with van der Waals surface area (Å²) in [6.07, 6.45) is 1.59. The first-order valence-corrected chi connectivity index (χ1v) is 4.60. The Bertz CT molecular complexity index is 488. The largest absolute Gasteiger partial charge is 0.507 e. The summed E-state index contributed by atoms with van der Waals surface area (Å²) in [6, 6.07) is 8.86. The van der Waals surface area contributed by atoms with Gasteiger partial charge in [0.2, 0.25) is 0 Å². The number of phenolic OH excluding ortho intramolecular Hbond substituents is 1. The molecule has 2 aromatic rings. The molecule has 4 nitrogen and oxygen atoms in total. The quantitative estimate of drug-likeness (QED) is 0.731. The number of benzene rings is 1. The molecular formula is C11H11N3O. The fourth-order valence-electron chi connectivity index (χ4n) is 1.20. The summed E-state index contributed by atoms with van der Waals surface area (Å²) >= 11 is 0. The number of phenols is 1. The van der Waals surface area contributed by atoms with Crippen molar-refractivity contribution < 1.29 is 5.11 Å². The van der Waals surface area contributed by atoms with Crippen molar-refractivity contribution in [3.05, 3.63) is 41.6 Å². The molecule has 1 aromatic carbocycles. The van der Waals surface area contributed by atoms with Crippen molar-refractivity contribution in [2.24, 2.45) is 4.99 Å². The molecule has 0 spiro atoms. The van der Waals surface area contributed by atoms with E-state index in [1.54, 1.807) is 24.4 Å². The van der Waals surface area contributed by atoms with Gasteiger partial charge in [0.05, 0.1) is 0 Å². The molecule has 4 heteroatoms. The number of para-hydroxylation sites is 1. The lowest BCUT2D eigenvalue weighted by atomic mass is 10.2. The summed E-state index contributed by atoms with van der Waals surface area (Å²) in [6.45, 7) is 1.91. The topological polar surface area (TPSA) is 61.3 Å². The van der Waals surface area contributed by atoms with Crippen molar-refractivity contribution in [2.75, 3.05) is 0 Å². The van der Waals surface area contributed by atoms with Crippen LogP contribution < -0.4 is 0 Å². The zero-order valence-electron chi connectivity index (χ0n) is 8.31. The molecule has 2 rings (SSSR count). The molecule has 1 aromatic heterocycles. The minimum absolute atomic E-state index is 0.216. The summed E-state index contributed by atoms with van der Waals surface area (Å²) in [5, 5.41) is 16.2. The van der Waals surface area contributed by atoms with Crippen LogP contribution in [0, 0.1) is 6.92 Å². The highest BCUT2D eigenvalue weighted by molar-refractivity contribution is 5.84. The smallest absolute Gasteiger partial charge is 0.173 e. The molecular weight excluding hydrogens is 190 g/mol. The summed E-state index contributed by atoms with van der Waals surface area (Å²) in [5.41, 5.74) is 1.64. The lowest BCUT2D eigenvalue weighted by molar-refractivity contribution is 0.474. The highest BCUT2D eigenvalue weighted by Gasteiger charge is 1.96. The fraction of sp³-hybridized carbons (Fsp3) is 0.0909. The second-order valence-electron chi connectivity index (χ2n) is 3.23. The molecule has 0 aliphatic carbocycles. The zero-order chi connectivity index (χ0) is 10.7. The SMILES string of the molecule is Cc1cc(N=Cc2ccccc2O)n[nH]1. The minimum Gasteiger partial charge on any atom is -0.507 e. The molecule has 1 heterocycles. The van der Waals surface area contributed by atoms with E-state index in [0.29, 0.717) is 11.4 Å². The third kappa shape index (κ3) is 2.22. The Labute approximate surface area is 87.3 Å². The molecule has 76 valence electrons. The van der Waals surface area contributed by atoms with E-state index in [4.69, 9.17) is 0 Å². The molecule has 0 aliphatic heterocycles. The van der Waals surface area contributed by atoms with Crippen LogP contribution in [-0.2, 0) is 0 Å². The highest BCUT2D eigenvalue weighted by atomic mass is 16.3. The zero-order valence-corrected chi connectivity index (χ0v) is 8.31. The van der Waals surface area contributed by atoms with Crippen molar-refractivity contribution in [3.63, 3.8) is 0 Å². The van der Waals surface area contributed by atoms with Crippen LogP contribution in [0.2, 0.25) is 0 Å². The highest BCUT2D eigenvalue weighted by Crippen LogP contribution is 2.15. The van der Waals surface area contributed by atoms with Crippen LogP contribution in [0.4, 0.5) is 5.82 Å². The first-order valence-electron chi connectivity index (χ1n) is 4.60. The average Bonchev–Trinajstić information content (AvgIpc) is 2.63. The number of aliphatic imine (C=N–C) groups is 1. The van der Waals surface area contributed by atoms with E-state index in [1.165, 1.54) is 0 Å². The molecule has 0 fully saturated rings. The third-order valence-corrected chi connectivity index (χ3v) is 1.97. The molecule has 0 saturated carbocycles. The van der Waals surface area contributed by atoms with Gasteiger partial charge in [-0.1, -0.05) is 12.1 Å². The first-order chi connectivity index (χ1) is 7.25. The van der Waals surface area contributed by atoms with E-state index >= 15 is 0 Å². The molecule has 0 aliphatic rings. The van der Waals surface area contributed by atoms with Gasteiger partial charge in [0, 0.05) is 23.5 Å². The number of hydrogen-bond donors (Lipinski definition) is 2. The lowest BCUT2D eigenvalue weighted by Gasteiger charge is -1.95. The minimum atomic E-state index is 0.216. The van der Waals surface area contributed by atoms with E-state index in [1.807, 2.05) is 19.1 Å². The van der Waals surface area contributed by atoms with Crippen molar-refractivity contribution in [1.29, 1.82) is 0 Å². The van der Waals surface area contributed by atoms with Gasteiger partial charge in [0.25, 0.3) is 0 Å². The predicted molar refractivity (Wildman–Crippen MR) is 58.7 cm³/mol. The summed E-state index contributed by atoms with van der Waals surface area (Å²) in [7, 11) is 0. The third-order valence-electron chi connectivity index (χ3n) is 1.97. The van der Waals surface area contributed by atoms with Crippen molar-refractivity contribution >= 4 is 12.0 Å². The molecule has 0 amide bonds. The molecule has 2 N–H and O–H groups in total. The monoisotopic (exact) mass is 201 g/mol. The number of aromatic amines is 1. The number of nitrogens with zero attached hydrogens (tertiary/aromatic N) is 2.